The molecule has 54 heavy (non-hydrogen) atoms. The van der Waals surface area contributed by atoms with Gasteiger partial charge in [-0.3, -0.25) is 0 Å². The lowest BCUT2D eigenvalue weighted by molar-refractivity contribution is 0.661. The van der Waals surface area contributed by atoms with Gasteiger partial charge in [0, 0.05) is 38.1 Å². The predicted octanol–water partition coefficient (Wildman–Crippen LogP) is 12.2. The molecule has 0 fully saturated rings. The lowest BCUT2D eigenvalue weighted by Crippen LogP contribution is -2.14. The molecule has 0 spiro atoms. The van der Waals surface area contributed by atoms with E-state index < -0.39 is 0 Å². The van der Waals surface area contributed by atoms with Gasteiger partial charge in [0.25, 0.3) is 0 Å². The van der Waals surface area contributed by atoms with Crippen LogP contribution in [0.5, 0.6) is 0 Å². The van der Waals surface area contributed by atoms with Crippen LogP contribution in [-0.2, 0) is 10.8 Å². The predicted molar refractivity (Wildman–Crippen MR) is 220 cm³/mol. The van der Waals surface area contributed by atoms with Gasteiger partial charge in [-0.05, 0) is 93.0 Å². The summed E-state index contributed by atoms with van der Waals surface area (Å²) in [4.78, 5) is 0. The molecule has 4 nitrogen and oxygen atoms in total. The summed E-state index contributed by atoms with van der Waals surface area (Å²) >= 11 is 0. The first-order valence-corrected chi connectivity index (χ1v) is 18.6. The van der Waals surface area contributed by atoms with Crippen molar-refractivity contribution in [1.82, 2.24) is 9.13 Å². The Kier molecular flexibility index (Phi) is 5.90. The number of hydrogen-bond acceptors (Lipinski definition) is 2. The van der Waals surface area contributed by atoms with Gasteiger partial charge in [-0.1, -0.05) is 113 Å². The van der Waals surface area contributed by atoms with Crippen LogP contribution < -0.4 is 0 Å². The minimum atomic E-state index is -0.151. The second-order valence-electron chi connectivity index (χ2n) is 16.0. The molecule has 0 saturated heterocycles. The fourth-order valence-electron chi connectivity index (χ4n) is 9.99. The van der Waals surface area contributed by atoms with Crippen LogP contribution in [0.15, 0.2) is 133 Å². The highest BCUT2D eigenvalue weighted by atomic mass is 15.0. The number of hydrogen-bond donors (Lipinski definition) is 0. The van der Waals surface area contributed by atoms with Gasteiger partial charge in [0.15, 0.2) is 0 Å². The summed E-state index contributed by atoms with van der Waals surface area (Å²) in [6.07, 6.45) is 0. The van der Waals surface area contributed by atoms with Crippen LogP contribution in [0.1, 0.15) is 61.1 Å². The summed E-state index contributed by atoms with van der Waals surface area (Å²) in [5.74, 6) is 0. The van der Waals surface area contributed by atoms with Crippen LogP contribution in [0.2, 0.25) is 0 Å². The number of fused-ring (bicyclic) bond motifs is 12. The Bertz CT molecular complexity index is 3240. The molecule has 0 bridgehead atoms. The van der Waals surface area contributed by atoms with E-state index in [1.807, 2.05) is 6.07 Å². The summed E-state index contributed by atoms with van der Waals surface area (Å²) in [7, 11) is 0. The Morgan fingerprint density at radius 3 is 1.44 bits per heavy atom. The molecule has 2 aliphatic carbocycles. The molecule has 0 radical (unpaired) electrons. The van der Waals surface area contributed by atoms with Crippen molar-refractivity contribution in [2.24, 2.45) is 0 Å². The average Bonchev–Trinajstić information content (AvgIpc) is 3.84. The van der Waals surface area contributed by atoms with Crippen LogP contribution in [0, 0.1) is 22.7 Å². The lowest BCUT2D eigenvalue weighted by Gasteiger charge is -2.21. The molecule has 0 aliphatic heterocycles. The highest BCUT2D eigenvalue weighted by Crippen LogP contribution is 2.53. The second-order valence-corrected chi connectivity index (χ2v) is 16.0. The first-order valence-electron chi connectivity index (χ1n) is 18.6. The van der Waals surface area contributed by atoms with E-state index in [9.17, 15) is 10.5 Å². The average molecular weight is 691 g/mol. The maximum absolute atomic E-state index is 10.8. The van der Waals surface area contributed by atoms with Gasteiger partial charge in [-0.15, -0.1) is 0 Å². The van der Waals surface area contributed by atoms with Crippen molar-refractivity contribution in [2.75, 3.05) is 0 Å². The van der Waals surface area contributed by atoms with Gasteiger partial charge in [0.05, 0.1) is 38.9 Å². The van der Waals surface area contributed by atoms with Gasteiger partial charge in [0.2, 0.25) is 0 Å². The van der Waals surface area contributed by atoms with Crippen LogP contribution in [0.4, 0.5) is 0 Å². The van der Waals surface area contributed by atoms with Crippen molar-refractivity contribution < 1.29 is 0 Å². The van der Waals surface area contributed by atoms with Gasteiger partial charge >= 0.3 is 0 Å². The molecule has 4 heteroatoms. The van der Waals surface area contributed by atoms with Crippen molar-refractivity contribution in [3.8, 4) is 45.8 Å². The zero-order chi connectivity index (χ0) is 36.7. The summed E-state index contributed by atoms with van der Waals surface area (Å²) in [5, 5.41) is 26.1. The minimum absolute atomic E-state index is 0.134. The number of para-hydroxylation sites is 2. The van der Waals surface area contributed by atoms with E-state index in [4.69, 9.17) is 0 Å². The van der Waals surface area contributed by atoms with Crippen LogP contribution in [0.3, 0.4) is 0 Å². The van der Waals surface area contributed by atoms with E-state index in [-0.39, 0.29) is 10.8 Å². The summed E-state index contributed by atoms with van der Waals surface area (Å²) in [6.45, 7) is 9.24. The van der Waals surface area contributed by atoms with E-state index in [0.717, 1.165) is 43.9 Å². The van der Waals surface area contributed by atoms with E-state index in [1.165, 1.54) is 49.9 Å². The van der Waals surface area contributed by atoms with Gasteiger partial charge < -0.3 is 9.13 Å². The number of aromatic nitrogens is 2. The molecule has 0 N–H and O–H groups in total. The first kappa shape index (κ1) is 30.7. The van der Waals surface area contributed by atoms with Crippen molar-refractivity contribution in [3.63, 3.8) is 0 Å². The molecule has 11 rings (SSSR count). The molecule has 9 aromatic rings. The molecule has 2 aliphatic rings. The summed E-state index contributed by atoms with van der Waals surface area (Å²) in [5.41, 5.74) is 16.3. The lowest BCUT2D eigenvalue weighted by atomic mass is 9.82. The molecular weight excluding hydrogens is 657 g/mol. The molecular formula is C50H34N4. The third-order valence-corrected chi connectivity index (χ3v) is 12.6. The van der Waals surface area contributed by atoms with Gasteiger partial charge in [-0.2, -0.15) is 10.5 Å². The number of rotatable bonds is 2. The van der Waals surface area contributed by atoms with Crippen molar-refractivity contribution in [2.45, 2.75) is 38.5 Å². The van der Waals surface area contributed by atoms with Crippen LogP contribution in [0.25, 0.3) is 77.2 Å². The maximum Gasteiger partial charge on any atom is 0.103 e. The quantitative estimate of drug-likeness (QED) is 0.181. The highest BCUT2D eigenvalue weighted by molar-refractivity contribution is 6.13. The highest BCUT2D eigenvalue weighted by Gasteiger charge is 2.37. The Morgan fingerprint density at radius 2 is 0.907 bits per heavy atom. The molecule has 0 atom stereocenters. The Hall–Kier alpha value is -6.88. The smallest absolute Gasteiger partial charge is 0.103 e. The topological polar surface area (TPSA) is 57.4 Å². The Balaban J connectivity index is 1.25. The third-order valence-electron chi connectivity index (χ3n) is 12.6. The minimum Gasteiger partial charge on any atom is -0.309 e. The Labute approximate surface area is 313 Å². The monoisotopic (exact) mass is 690 g/mol. The number of benzene rings is 7. The van der Waals surface area contributed by atoms with Crippen LogP contribution in [-0.4, -0.2) is 9.13 Å². The van der Waals surface area contributed by atoms with E-state index in [0.29, 0.717) is 16.8 Å². The largest absolute Gasteiger partial charge is 0.309 e. The molecule has 2 aromatic heterocycles. The van der Waals surface area contributed by atoms with Crippen molar-refractivity contribution in [1.29, 1.82) is 10.5 Å². The number of nitriles is 2. The SMILES string of the molecule is CC1(C)c2ccccc2-c2cc3c(cc21)c1ccccc1n3-c1cc(C#N)c(C#N)c(-n2c3ccccc3c3cc4c(cc32)-c2ccccc2C4(C)C)c1. The fourth-order valence-corrected chi connectivity index (χ4v) is 9.99. The number of nitrogens with zero attached hydrogens (tertiary/aromatic N) is 4. The van der Waals surface area contributed by atoms with Crippen molar-refractivity contribution >= 4 is 43.6 Å². The fraction of sp³-hybridized carbons (Fsp3) is 0.120. The molecule has 0 saturated carbocycles. The summed E-state index contributed by atoms with van der Waals surface area (Å²) < 4.78 is 4.50. The second kappa shape index (κ2) is 10.4. The van der Waals surface area contributed by atoms with Crippen molar-refractivity contribution in [3.05, 3.63) is 167 Å². The third kappa shape index (κ3) is 3.75. The maximum atomic E-state index is 10.8. The normalized spacial score (nSPS) is 14.6. The van der Waals surface area contributed by atoms with E-state index in [1.54, 1.807) is 0 Å². The molecule has 7 aromatic carbocycles. The van der Waals surface area contributed by atoms with E-state index >= 15 is 0 Å². The van der Waals surface area contributed by atoms with Crippen LogP contribution >= 0.6 is 0 Å². The first-order chi connectivity index (χ1) is 26.2. The van der Waals surface area contributed by atoms with Gasteiger partial charge in [0.1, 0.15) is 12.1 Å². The zero-order valence-electron chi connectivity index (χ0n) is 30.5. The standard InChI is InChI=1S/C50H34N4/c1-49(2)40-17-9-5-13-31(40)35-25-47-37(23-42(35)49)33-15-7-11-19-44(33)53(47)30-21-29(27-51)39(28-52)46(22-30)54-45-20-12-8-16-34(45)38-24-43-36(26-48(38)54)32-14-6-10-18-41(32)50(43,3)4/h5-26H,1-4H3. The van der Waals surface area contributed by atoms with E-state index in [2.05, 4.69) is 176 Å². The summed E-state index contributed by atoms with van der Waals surface area (Å²) in [6, 6.07) is 52.7. The molecule has 254 valence electrons. The molecule has 0 unspecified atom stereocenters. The molecule has 2 heterocycles. The zero-order valence-corrected chi connectivity index (χ0v) is 30.5. The van der Waals surface area contributed by atoms with Gasteiger partial charge in [-0.25, -0.2) is 0 Å². The Morgan fingerprint density at radius 1 is 0.426 bits per heavy atom. The molecule has 0 amide bonds.